The van der Waals surface area contributed by atoms with Gasteiger partial charge in [0.1, 0.15) is 0 Å². The third kappa shape index (κ3) is 5.08. The molecule has 2 aromatic rings. The number of carboxylic acid groups (broad SMARTS) is 1. The number of carbonyl (C=O) groups is 1. The first-order chi connectivity index (χ1) is 15.2. The molecule has 0 spiro atoms. The van der Waals surface area contributed by atoms with Gasteiger partial charge in [-0.2, -0.15) is 0 Å². The van der Waals surface area contributed by atoms with E-state index in [1.54, 1.807) is 0 Å². The lowest BCUT2D eigenvalue weighted by atomic mass is 9.69. The predicted molar refractivity (Wildman–Crippen MR) is 121 cm³/mol. The lowest BCUT2D eigenvalue weighted by molar-refractivity contribution is -0.137. The summed E-state index contributed by atoms with van der Waals surface area (Å²) >= 11 is 0. The van der Waals surface area contributed by atoms with Crippen LogP contribution in [0, 0.1) is 11.8 Å². The van der Waals surface area contributed by atoms with E-state index in [1.165, 1.54) is 11.1 Å². The number of allylic oxidation sites excluding steroid dienone is 2. The van der Waals surface area contributed by atoms with Crippen molar-refractivity contribution in [1.29, 1.82) is 0 Å². The molecule has 4 heteroatoms. The number of hydrogen-bond acceptors (Lipinski definition) is 3. The number of aliphatic carboxylic acids is 1. The molecule has 2 aliphatic rings. The molecule has 4 rings (SSSR count). The molecule has 0 aromatic heterocycles. The zero-order chi connectivity index (χ0) is 21.5. The second-order valence-electron chi connectivity index (χ2n) is 8.84. The van der Waals surface area contributed by atoms with E-state index in [1.807, 2.05) is 18.2 Å². The van der Waals surface area contributed by atoms with Crippen molar-refractivity contribution in [1.82, 2.24) is 0 Å². The summed E-state index contributed by atoms with van der Waals surface area (Å²) < 4.78 is 12.4. The van der Waals surface area contributed by atoms with Gasteiger partial charge in [0.05, 0.1) is 25.9 Å². The Bertz CT molecular complexity index is 863. The van der Waals surface area contributed by atoms with Crippen LogP contribution in [0.1, 0.15) is 43.2 Å². The van der Waals surface area contributed by atoms with Crippen molar-refractivity contribution >= 4 is 5.97 Å². The Morgan fingerprint density at radius 1 is 1.10 bits per heavy atom. The number of unbranched alkanes of at least 4 members (excludes halogenated alkanes) is 1. The highest BCUT2D eigenvalue weighted by Gasteiger charge is 2.58. The second-order valence-corrected chi connectivity index (χ2v) is 8.84. The molecular weight excluding hydrogens is 388 g/mol. The van der Waals surface area contributed by atoms with E-state index in [0.29, 0.717) is 31.5 Å². The average molecular weight is 421 g/mol. The van der Waals surface area contributed by atoms with Crippen LogP contribution in [-0.2, 0) is 26.3 Å². The maximum Gasteiger partial charge on any atom is 0.303 e. The number of rotatable bonds is 11. The summed E-state index contributed by atoms with van der Waals surface area (Å²) in [5.41, 5.74) is 2.60. The number of ether oxygens (including phenoxy) is 2. The molecule has 2 aromatic carbocycles. The molecule has 1 aliphatic heterocycles. The largest absolute Gasteiger partial charge is 0.481 e. The quantitative estimate of drug-likeness (QED) is 0.392. The van der Waals surface area contributed by atoms with Gasteiger partial charge in [-0.05, 0) is 42.7 Å². The van der Waals surface area contributed by atoms with E-state index in [9.17, 15) is 4.79 Å². The van der Waals surface area contributed by atoms with Gasteiger partial charge >= 0.3 is 5.97 Å². The zero-order valence-corrected chi connectivity index (χ0v) is 18.0. The molecule has 2 fully saturated rings. The van der Waals surface area contributed by atoms with Crippen LogP contribution in [0.2, 0.25) is 0 Å². The van der Waals surface area contributed by atoms with Gasteiger partial charge < -0.3 is 14.6 Å². The van der Waals surface area contributed by atoms with Crippen LogP contribution < -0.4 is 0 Å². The summed E-state index contributed by atoms with van der Waals surface area (Å²) in [6.45, 7) is 2.10. The molecule has 31 heavy (non-hydrogen) atoms. The maximum atomic E-state index is 10.7. The van der Waals surface area contributed by atoms with Crippen LogP contribution in [0.15, 0.2) is 72.8 Å². The molecule has 1 heterocycles. The number of carboxylic acids is 1. The van der Waals surface area contributed by atoms with Crippen molar-refractivity contribution in [3.05, 3.63) is 83.9 Å². The van der Waals surface area contributed by atoms with Crippen molar-refractivity contribution in [2.75, 3.05) is 13.2 Å². The van der Waals surface area contributed by atoms with E-state index >= 15 is 0 Å². The van der Waals surface area contributed by atoms with E-state index in [4.69, 9.17) is 14.6 Å². The molecule has 0 amide bonds. The molecule has 1 saturated heterocycles. The summed E-state index contributed by atoms with van der Waals surface area (Å²) in [5.74, 6) is 0.0961. The van der Waals surface area contributed by atoms with Crippen molar-refractivity contribution in [2.45, 2.75) is 50.2 Å². The fraction of sp³-hybridized carbons (Fsp3) is 0.444. The normalized spacial score (nSPS) is 27.2. The first-order valence-corrected chi connectivity index (χ1v) is 11.3. The molecule has 1 N–H and O–H groups in total. The van der Waals surface area contributed by atoms with Crippen LogP contribution in [0.4, 0.5) is 0 Å². The van der Waals surface area contributed by atoms with Crippen molar-refractivity contribution in [2.24, 2.45) is 11.8 Å². The molecule has 2 bridgehead atoms. The summed E-state index contributed by atoms with van der Waals surface area (Å²) in [5, 5.41) is 8.82. The molecular formula is C27H32O4. The summed E-state index contributed by atoms with van der Waals surface area (Å²) in [6.07, 6.45) is 8.39. The first-order valence-electron chi connectivity index (χ1n) is 11.3. The first kappa shape index (κ1) is 21.8. The molecule has 4 nitrogen and oxygen atoms in total. The van der Waals surface area contributed by atoms with Crippen LogP contribution in [0.5, 0.6) is 0 Å². The number of hydrogen-bond donors (Lipinski definition) is 1. The number of benzene rings is 2. The molecule has 1 saturated carbocycles. The third-order valence-electron chi connectivity index (χ3n) is 6.91. The maximum absolute atomic E-state index is 10.7. The van der Waals surface area contributed by atoms with Gasteiger partial charge in [-0.15, -0.1) is 0 Å². The fourth-order valence-electron chi connectivity index (χ4n) is 5.36. The van der Waals surface area contributed by atoms with Crippen LogP contribution in [0.3, 0.4) is 0 Å². The highest BCUT2D eigenvalue weighted by atomic mass is 16.5. The Hall–Kier alpha value is -2.43. The highest BCUT2D eigenvalue weighted by molar-refractivity contribution is 5.66. The van der Waals surface area contributed by atoms with E-state index in [2.05, 4.69) is 54.6 Å². The van der Waals surface area contributed by atoms with Gasteiger partial charge in [-0.25, -0.2) is 0 Å². The van der Waals surface area contributed by atoms with Gasteiger partial charge in [0.15, 0.2) is 0 Å². The van der Waals surface area contributed by atoms with Crippen LogP contribution in [0.25, 0.3) is 0 Å². The lowest BCUT2D eigenvalue weighted by Gasteiger charge is -2.39. The molecule has 164 valence electrons. The minimum atomic E-state index is -0.725. The van der Waals surface area contributed by atoms with Gasteiger partial charge in [-0.3, -0.25) is 4.79 Å². The van der Waals surface area contributed by atoms with Gasteiger partial charge in [0.25, 0.3) is 0 Å². The Morgan fingerprint density at radius 3 is 2.58 bits per heavy atom. The van der Waals surface area contributed by atoms with Crippen LogP contribution >= 0.6 is 0 Å². The van der Waals surface area contributed by atoms with Gasteiger partial charge in [-0.1, -0.05) is 72.8 Å². The second kappa shape index (κ2) is 10.3. The van der Waals surface area contributed by atoms with E-state index in [0.717, 1.165) is 25.9 Å². The van der Waals surface area contributed by atoms with Crippen molar-refractivity contribution < 1.29 is 19.4 Å². The molecule has 0 radical (unpaired) electrons. The predicted octanol–water partition coefficient (Wildman–Crippen LogP) is 5.38. The highest BCUT2D eigenvalue weighted by Crippen LogP contribution is 2.56. The van der Waals surface area contributed by atoms with Crippen molar-refractivity contribution in [3.8, 4) is 0 Å². The topological polar surface area (TPSA) is 55.8 Å². The average Bonchev–Trinajstić information content (AvgIpc) is 3.36. The standard InChI is InChI=1S/C27H32O4/c28-26(29)16-10-2-1-9-15-24-23(19-30-18-21-11-5-3-6-12-21)25-17-27(24,20-31-25)22-13-7-4-8-14-22/h1,3-9,11-14,23-25H,2,10,15-20H2,(H,28,29)/b9-1-/t23-,24-,25-,27-/m1/s1. The van der Waals surface area contributed by atoms with Gasteiger partial charge in [0, 0.05) is 17.8 Å². The van der Waals surface area contributed by atoms with Gasteiger partial charge in [0.2, 0.25) is 0 Å². The minimum Gasteiger partial charge on any atom is -0.481 e. The fourth-order valence-corrected chi connectivity index (χ4v) is 5.36. The Kier molecular flexibility index (Phi) is 7.21. The summed E-state index contributed by atoms with van der Waals surface area (Å²) in [6, 6.07) is 21.1. The molecule has 0 unspecified atom stereocenters. The zero-order valence-electron chi connectivity index (χ0n) is 18.0. The number of fused-ring (bicyclic) bond motifs is 2. The SMILES string of the molecule is O=C(O)CCC/C=C\C[C@@H]1[C@@H](COCc2ccccc2)[C@H]2C[C@]1(c1ccccc1)CO2. The minimum absolute atomic E-state index is 0.0398. The van der Waals surface area contributed by atoms with Crippen molar-refractivity contribution in [3.63, 3.8) is 0 Å². The molecule has 1 aliphatic carbocycles. The van der Waals surface area contributed by atoms with Crippen LogP contribution in [-0.4, -0.2) is 30.4 Å². The Labute approximate surface area is 184 Å². The molecule has 4 atom stereocenters. The monoisotopic (exact) mass is 420 g/mol. The third-order valence-corrected chi connectivity index (χ3v) is 6.91. The Balaban J connectivity index is 1.44. The smallest absolute Gasteiger partial charge is 0.303 e. The Morgan fingerprint density at radius 2 is 1.84 bits per heavy atom. The summed E-state index contributed by atoms with van der Waals surface area (Å²) in [7, 11) is 0. The van der Waals surface area contributed by atoms with E-state index in [-0.39, 0.29) is 17.9 Å². The summed E-state index contributed by atoms with van der Waals surface area (Å²) in [4.78, 5) is 10.7. The lowest BCUT2D eigenvalue weighted by Crippen LogP contribution is -2.41. The van der Waals surface area contributed by atoms with E-state index < -0.39 is 5.97 Å².